The first-order chi connectivity index (χ1) is 5.83. The summed E-state index contributed by atoms with van der Waals surface area (Å²) in [7, 11) is 0. The van der Waals surface area contributed by atoms with Crippen LogP contribution in [0.5, 0.6) is 0 Å². The molecule has 0 radical (unpaired) electrons. The fourth-order valence-corrected chi connectivity index (χ4v) is 0. The quantitative estimate of drug-likeness (QED) is 0.336. The van der Waals surface area contributed by atoms with Crippen LogP contribution in [0.15, 0.2) is 0 Å². The van der Waals surface area contributed by atoms with E-state index >= 15 is 0 Å². The van der Waals surface area contributed by atoms with Crippen LogP contribution in [-0.2, 0) is 39.4 Å². The van der Waals surface area contributed by atoms with E-state index in [2.05, 4.69) is 0 Å². The van der Waals surface area contributed by atoms with Crippen molar-refractivity contribution in [3.63, 3.8) is 0 Å². The maximum absolute atomic E-state index is 6.25. The summed E-state index contributed by atoms with van der Waals surface area (Å²) in [6, 6.07) is 0. The Morgan fingerprint density at radius 2 is 0.714 bits per heavy atom. The monoisotopic (exact) mass is 342 g/mol. The Hall–Kier alpha value is 0.0797. The molecule has 0 spiro atoms. The largest absolute Gasteiger partial charge is 1.00 e. The number of nitrogens with zero attached hydrogens (tertiary/aromatic N) is 2. The van der Waals surface area contributed by atoms with Gasteiger partial charge in [-0.15, -0.1) is 0 Å². The van der Waals surface area contributed by atoms with Crippen LogP contribution in [0.2, 0.25) is 0 Å². The number of hydrogen-bond acceptors (Lipinski definition) is 6. The molecule has 0 aromatic heterocycles. The molecule has 0 amide bonds. The van der Waals surface area contributed by atoms with E-state index in [1.807, 2.05) is 0 Å². The van der Waals surface area contributed by atoms with Crippen molar-refractivity contribution in [1.29, 1.82) is 10.5 Å². The van der Waals surface area contributed by atoms with Gasteiger partial charge in [-0.25, -0.2) is 0 Å². The zero-order valence-electron chi connectivity index (χ0n) is 7.64. The smallest absolute Gasteiger partial charge is 0.512 e. The normalized spacial score (nSPS) is 4.57. The molecular formula is C6H16AgCuN6. The number of nitrogens with two attached hydrogens (primary N) is 4. The minimum absolute atomic E-state index is 0. The fourth-order valence-electron chi connectivity index (χ4n) is 0. The number of rotatable bonds is 2. The van der Waals surface area contributed by atoms with Gasteiger partial charge in [0.2, 0.25) is 0 Å². The molecule has 0 fully saturated rings. The Balaban J connectivity index is -0.0000000153. The van der Waals surface area contributed by atoms with Crippen LogP contribution in [0.25, 0.3) is 0 Å². The van der Waals surface area contributed by atoms with Gasteiger partial charge in [0.25, 0.3) is 0 Å². The van der Waals surface area contributed by atoms with Crippen molar-refractivity contribution in [3.8, 4) is 0 Å². The Morgan fingerprint density at radius 1 is 0.643 bits per heavy atom. The minimum Gasteiger partial charge on any atom is -0.512 e. The van der Waals surface area contributed by atoms with Crippen LogP contribution in [0.1, 0.15) is 0 Å². The average Bonchev–Trinajstić information content (AvgIpc) is 2.23. The third-order valence-corrected chi connectivity index (χ3v) is 0.333. The molecule has 8 N–H and O–H groups in total. The van der Waals surface area contributed by atoms with Gasteiger partial charge in [-0.3, -0.25) is 0 Å². The fraction of sp³-hybridized carbons (Fsp3) is 0.667. The average molecular weight is 344 g/mol. The van der Waals surface area contributed by atoms with E-state index in [1.54, 1.807) is 0 Å². The van der Waals surface area contributed by atoms with Crippen LogP contribution >= 0.6 is 0 Å². The van der Waals surface area contributed by atoms with E-state index in [9.17, 15) is 0 Å². The third-order valence-electron chi connectivity index (χ3n) is 0.333. The van der Waals surface area contributed by atoms with E-state index in [-0.39, 0.29) is 39.4 Å². The van der Waals surface area contributed by atoms with Gasteiger partial charge in [-0.05, 0) is 0 Å². The van der Waals surface area contributed by atoms with E-state index in [0.717, 1.165) is 0 Å². The standard InChI is InChI=1S/2C2H8N2.2CN.Ag.Cu/c2*3-1-2-4;2*1-2;;/h2*1-4H2;;;;/q;;2*-1;2*+1. The molecule has 14 heavy (non-hydrogen) atoms. The van der Waals surface area contributed by atoms with Crippen molar-refractivity contribution in [2.45, 2.75) is 0 Å². The van der Waals surface area contributed by atoms with Crippen LogP contribution in [-0.4, -0.2) is 26.2 Å². The SMILES string of the molecule is NCCN.NCCN.[Ag+].[C-]#N.[C-]#N.[Cu+]. The summed E-state index contributed by atoms with van der Waals surface area (Å²) in [6.45, 7) is 11.9. The van der Waals surface area contributed by atoms with Crippen molar-refractivity contribution < 1.29 is 39.4 Å². The van der Waals surface area contributed by atoms with E-state index in [4.69, 9.17) is 46.6 Å². The molecular weight excluding hydrogens is 328 g/mol. The minimum atomic E-state index is 0. The van der Waals surface area contributed by atoms with Crippen molar-refractivity contribution >= 4 is 0 Å². The Bertz CT molecular complexity index is 65.2. The predicted octanol–water partition coefficient (Wildman–Crippen LogP) is -2.00. The molecule has 0 unspecified atom stereocenters. The molecule has 0 aliphatic rings. The van der Waals surface area contributed by atoms with Crippen LogP contribution in [0.3, 0.4) is 0 Å². The van der Waals surface area contributed by atoms with Crippen molar-refractivity contribution in [1.82, 2.24) is 0 Å². The Labute approximate surface area is 112 Å². The number of hydrogen-bond donors (Lipinski definition) is 4. The van der Waals surface area contributed by atoms with Crippen LogP contribution in [0.4, 0.5) is 0 Å². The first kappa shape index (κ1) is 36.9. The molecule has 0 aromatic carbocycles. The topological polar surface area (TPSA) is 152 Å². The van der Waals surface area contributed by atoms with Gasteiger partial charge in [0.15, 0.2) is 0 Å². The van der Waals surface area contributed by atoms with Gasteiger partial charge in [0.1, 0.15) is 0 Å². The molecule has 0 bridgehead atoms. The molecule has 0 aliphatic carbocycles. The summed E-state index contributed by atoms with van der Waals surface area (Å²) in [5, 5.41) is 12.5. The van der Waals surface area contributed by atoms with E-state index in [0.29, 0.717) is 26.2 Å². The van der Waals surface area contributed by atoms with E-state index < -0.39 is 0 Å². The second-order valence-electron chi connectivity index (χ2n) is 1.15. The third kappa shape index (κ3) is 343. The van der Waals surface area contributed by atoms with Crippen LogP contribution < -0.4 is 22.9 Å². The molecule has 0 atom stereocenters. The summed E-state index contributed by atoms with van der Waals surface area (Å²) in [5.41, 5.74) is 19.6. The molecule has 0 saturated heterocycles. The van der Waals surface area contributed by atoms with Gasteiger partial charge in [-0.2, -0.15) is 0 Å². The first-order valence-corrected chi connectivity index (χ1v) is 3.08. The zero-order chi connectivity index (χ0) is 10.8. The molecule has 0 saturated carbocycles. The van der Waals surface area contributed by atoms with E-state index in [1.165, 1.54) is 0 Å². The second kappa shape index (κ2) is 115. The van der Waals surface area contributed by atoms with Gasteiger partial charge >= 0.3 is 39.4 Å². The van der Waals surface area contributed by atoms with Gasteiger partial charge in [0.05, 0.1) is 0 Å². The van der Waals surface area contributed by atoms with Crippen LogP contribution in [0, 0.1) is 23.7 Å². The van der Waals surface area contributed by atoms with Gasteiger partial charge < -0.3 is 46.6 Å². The summed E-state index contributed by atoms with van der Waals surface area (Å²) in [6.07, 6.45) is 0. The summed E-state index contributed by atoms with van der Waals surface area (Å²) in [4.78, 5) is 0. The summed E-state index contributed by atoms with van der Waals surface area (Å²) in [5.74, 6) is 0. The molecule has 0 rings (SSSR count). The summed E-state index contributed by atoms with van der Waals surface area (Å²) < 4.78 is 0. The molecule has 8 heteroatoms. The maximum atomic E-state index is 6.25. The van der Waals surface area contributed by atoms with Gasteiger partial charge in [-0.1, -0.05) is 0 Å². The zero-order valence-corrected chi connectivity index (χ0v) is 10.1. The Morgan fingerprint density at radius 3 is 0.714 bits per heavy atom. The maximum Gasteiger partial charge on any atom is 1.00 e. The van der Waals surface area contributed by atoms with Crippen molar-refractivity contribution in [2.75, 3.05) is 26.2 Å². The van der Waals surface area contributed by atoms with Gasteiger partial charge in [0, 0.05) is 26.2 Å². The molecule has 0 aliphatic heterocycles. The second-order valence-corrected chi connectivity index (χ2v) is 1.15. The molecule has 6 nitrogen and oxygen atoms in total. The summed E-state index contributed by atoms with van der Waals surface area (Å²) >= 11 is 0. The van der Waals surface area contributed by atoms with Crippen molar-refractivity contribution in [2.24, 2.45) is 22.9 Å². The molecule has 0 heterocycles. The molecule has 92 valence electrons. The first-order valence-electron chi connectivity index (χ1n) is 3.08. The Kier molecular flexibility index (Phi) is 302. The predicted molar refractivity (Wildman–Crippen MR) is 46.2 cm³/mol. The van der Waals surface area contributed by atoms with Crippen molar-refractivity contribution in [3.05, 3.63) is 13.1 Å². The molecule has 0 aromatic rings.